The molecule has 7 nitrogen and oxygen atoms in total. The molecule has 0 aliphatic carbocycles. The van der Waals surface area contributed by atoms with Crippen molar-refractivity contribution in [3.05, 3.63) is 71.9 Å². The van der Waals surface area contributed by atoms with Crippen LogP contribution in [0.3, 0.4) is 0 Å². The molecular formula is C22H22N4O3. The van der Waals surface area contributed by atoms with Crippen molar-refractivity contribution in [2.45, 2.75) is 13.8 Å². The standard InChI is InChI=1S/C22H22N4O3/c1-4-26-13-18(23-15-8-7-9-16(12-15)28-3)20(14(2)27)21(25-26)22-24-17-10-5-6-11-19(17)29-22/h5-13,23,25H,4H2,1-3H3. The number of carbonyl (C=O) groups excluding carboxylic acids is 1. The molecule has 1 aromatic heterocycles. The first-order valence-corrected chi connectivity index (χ1v) is 9.36. The van der Waals surface area contributed by atoms with Gasteiger partial charge in [-0.2, -0.15) is 0 Å². The van der Waals surface area contributed by atoms with Gasteiger partial charge in [0.15, 0.2) is 11.4 Å². The van der Waals surface area contributed by atoms with Crippen LogP contribution in [0.5, 0.6) is 5.75 Å². The van der Waals surface area contributed by atoms with E-state index in [0.29, 0.717) is 35.0 Å². The van der Waals surface area contributed by atoms with E-state index in [-0.39, 0.29) is 5.78 Å². The third kappa shape index (κ3) is 3.67. The summed E-state index contributed by atoms with van der Waals surface area (Å²) in [6, 6.07) is 15.1. The number of fused-ring (bicyclic) bond motifs is 1. The SMILES string of the molecule is CCN1C=C(Nc2cccc(OC)c2)C(C(C)=O)=C(c2nc3ccccc3o2)N1. The number of ether oxygens (including phenoxy) is 1. The molecule has 0 amide bonds. The zero-order chi connectivity index (χ0) is 20.4. The van der Waals surface area contributed by atoms with Crippen molar-refractivity contribution < 1.29 is 13.9 Å². The van der Waals surface area contributed by atoms with Gasteiger partial charge in [0, 0.05) is 24.5 Å². The van der Waals surface area contributed by atoms with Crippen molar-refractivity contribution in [1.82, 2.24) is 15.4 Å². The fourth-order valence-electron chi connectivity index (χ4n) is 3.21. The number of methoxy groups -OCH3 is 1. The van der Waals surface area contributed by atoms with E-state index in [2.05, 4.69) is 15.7 Å². The highest BCUT2D eigenvalue weighted by atomic mass is 16.5. The molecule has 0 radical (unpaired) electrons. The number of hydrogen-bond donors (Lipinski definition) is 2. The van der Waals surface area contributed by atoms with Gasteiger partial charge in [-0.3, -0.25) is 15.2 Å². The van der Waals surface area contributed by atoms with Crippen molar-refractivity contribution in [2.75, 3.05) is 19.0 Å². The second-order valence-corrected chi connectivity index (χ2v) is 6.59. The number of ketones is 1. The molecule has 29 heavy (non-hydrogen) atoms. The number of anilines is 1. The lowest BCUT2D eigenvalue weighted by molar-refractivity contribution is -0.113. The molecule has 0 saturated heterocycles. The summed E-state index contributed by atoms with van der Waals surface area (Å²) >= 11 is 0. The van der Waals surface area contributed by atoms with Gasteiger partial charge in [0.05, 0.1) is 18.4 Å². The predicted octanol–water partition coefficient (Wildman–Crippen LogP) is 3.93. The van der Waals surface area contributed by atoms with Crippen LogP contribution in [0.25, 0.3) is 16.8 Å². The summed E-state index contributed by atoms with van der Waals surface area (Å²) in [4.78, 5) is 17.2. The van der Waals surface area contributed by atoms with E-state index < -0.39 is 0 Å². The molecule has 0 unspecified atom stereocenters. The minimum atomic E-state index is -0.104. The molecule has 2 heterocycles. The smallest absolute Gasteiger partial charge is 0.246 e. The van der Waals surface area contributed by atoms with E-state index in [1.54, 1.807) is 7.11 Å². The minimum Gasteiger partial charge on any atom is -0.497 e. The van der Waals surface area contributed by atoms with Crippen LogP contribution >= 0.6 is 0 Å². The average Bonchev–Trinajstić information content (AvgIpc) is 3.17. The summed E-state index contributed by atoms with van der Waals surface area (Å²) in [5.41, 5.74) is 7.12. The third-order valence-corrected chi connectivity index (χ3v) is 4.61. The van der Waals surface area contributed by atoms with Gasteiger partial charge in [-0.15, -0.1) is 0 Å². The Morgan fingerprint density at radius 2 is 2.07 bits per heavy atom. The quantitative estimate of drug-likeness (QED) is 0.660. The minimum absolute atomic E-state index is 0.104. The van der Waals surface area contributed by atoms with E-state index >= 15 is 0 Å². The van der Waals surface area contributed by atoms with Crippen LogP contribution in [0, 0.1) is 0 Å². The number of hydrogen-bond acceptors (Lipinski definition) is 7. The number of aromatic nitrogens is 1. The Morgan fingerprint density at radius 3 is 2.79 bits per heavy atom. The second kappa shape index (κ2) is 7.71. The normalized spacial score (nSPS) is 13.9. The number of carbonyl (C=O) groups is 1. The number of Topliss-reactive ketones (excluding diaryl/α,β-unsaturated/α-hetero) is 1. The molecule has 4 rings (SSSR count). The van der Waals surface area contributed by atoms with Crippen LogP contribution in [0.4, 0.5) is 5.69 Å². The lowest BCUT2D eigenvalue weighted by Crippen LogP contribution is -2.38. The van der Waals surface area contributed by atoms with Gasteiger partial charge in [0.25, 0.3) is 0 Å². The zero-order valence-electron chi connectivity index (χ0n) is 16.5. The fourth-order valence-corrected chi connectivity index (χ4v) is 3.21. The van der Waals surface area contributed by atoms with Gasteiger partial charge in [-0.1, -0.05) is 18.2 Å². The Morgan fingerprint density at radius 1 is 1.24 bits per heavy atom. The Kier molecular flexibility index (Phi) is 4.95. The summed E-state index contributed by atoms with van der Waals surface area (Å²) < 4.78 is 11.2. The van der Waals surface area contributed by atoms with Gasteiger partial charge < -0.3 is 14.5 Å². The summed E-state index contributed by atoms with van der Waals surface area (Å²) in [5, 5.41) is 5.21. The highest BCUT2D eigenvalue weighted by molar-refractivity contribution is 6.05. The van der Waals surface area contributed by atoms with Crippen LogP contribution < -0.4 is 15.5 Å². The molecule has 1 aliphatic rings. The van der Waals surface area contributed by atoms with E-state index in [4.69, 9.17) is 9.15 Å². The topological polar surface area (TPSA) is 79.6 Å². The maximum absolute atomic E-state index is 12.6. The first-order valence-electron chi connectivity index (χ1n) is 9.36. The number of benzene rings is 2. The fraction of sp³-hybridized carbons (Fsp3) is 0.182. The number of nitrogens with zero attached hydrogens (tertiary/aromatic N) is 2. The highest BCUT2D eigenvalue weighted by Crippen LogP contribution is 2.30. The third-order valence-electron chi connectivity index (χ3n) is 4.61. The van der Waals surface area contributed by atoms with Crippen molar-refractivity contribution in [3.63, 3.8) is 0 Å². The molecule has 1 aliphatic heterocycles. The van der Waals surface area contributed by atoms with Gasteiger partial charge >= 0.3 is 0 Å². The maximum atomic E-state index is 12.6. The highest BCUT2D eigenvalue weighted by Gasteiger charge is 2.27. The van der Waals surface area contributed by atoms with Gasteiger partial charge in [0.1, 0.15) is 17.0 Å². The Hall–Kier alpha value is -3.74. The lowest BCUT2D eigenvalue weighted by atomic mass is 10.0. The molecule has 0 spiro atoms. The molecule has 3 aromatic rings. The Labute approximate surface area is 168 Å². The number of hydrazine groups is 1. The molecule has 0 saturated carbocycles. The first kappa shape index (κ1) is 18.6. The van der Waals surface area contributed by atoms with E-state index in [1.165, 1.54) is 6.92 Å². The molecule has 0 atom stereocenters. The number of oxazole rings is 1. The summed E-state index contributed by atoms with van der Waals surface area (Å²) in [6.07, 6.45) is 1.86. The Bertz CT molecular complexity index is 1100. The summed E-state index contributed by atoms with van der Waals surface area (Å²) in [5.74, 6) is 0.990. The number of para-hydroxylation sites is 2. The van der Waals surface area contributed by atoms with Crippen LogP contribution in [0.15, 0.2) is 70.4 Å². The van der Waals surface area contributed by atoms with Gasteiger partial charge in [-0.25, -0.2) is 4.98 Å². The van der Waals surface area contributed by atoms with Crippen LogP contribution in [0.1, 0.15) is 19.7 Å². The van der Waals surface area contributed by atoms with Gasteiger partial charge in [0.2, 0.25) is 5.89 Å². The number of allylic oxidation sites excluding steroid dienone is 1. The van der Waals surface area contributed by atoms with Crippen molar-refractivity contribution in [1.29, 1.82) is 0 Å². The molecule has 0 bridgehead atoms. The first-order chi connectivity index (χ1) is 14.1. The van der Waals surface area contributed by atoms with E-state index in [9.17, 15) is 4.79 Å². The van der Waals surface area contributed by atoms with Crippen LogP contribution in [-0.4, -0.2) is 29.4 Å². The number of rotatable bonds is 6. The zero-order valence-corrected chi connectivity index (χ0v) is 16.5. The maximum Gasteiger partial charge on any atom is 0.246 e. The lowest BCUT2D eigenvalue weighted by Gasteiger charge is -2.30. The molecule has 2 aromatic carbocycles. The van der Waals surface area contributed by atoms with Crippen molar-refractivity contribution in [3.8, 4) is 5.75 Å². The Balaban J connectivity index is 1.81. The number of nitrogens with one attached hydrogen (secondary N) is 2. The molecular weight excluding hydrogens is 368 g/mol. The van der Waals surface area contributed by atoms with Crippen molar-refractivity contribution >= 4 is 28.3 Å². The van der Waals surface area contributed by atoms with E-state index in [0.717, 1.165) is 17.0 Å². The molecule has 2 N–H and O–H groups in total. The molecule has 0 fully saturated rings. The average molecular weight is 390 g/mol. The molecule has 7 heteroatoms. The van der Waals surface area contributed by atoms with Crippen LogP contribution in [-0.2, 0) is 4.79 Å². The monoisotopic (exact) mass is 390 g/mol. The van der Waals surface area contributed by atoms with Gasteiger partial charge in [-0.05, 0) is 38.1 Å². The molecule has 148 valence electrons. The summed E-state index contributed by atoms with van der Waals surface area (Å²) in [6.45, 7) is 4.22. The van der Waals surface area contributed by atoms with Crippen LogP contribution in [0.2, 0.25) is 0 Å². The van der Waals surface area contributed by atoms with E-state index in [1.807, 2.05) is 66.7 Å². The van der Waals surface area contributed by atoms with Crippen molar-refractivity contribution in [2.24, 2.45) is 0 Å². The predicted molar refractivity (Wildman–Crippen MR) is 112 cm³/mol. The largest absolute Gasteiger partial charge is 0.497 e. The summed E-state index contributed by atoms with van der Waals surface area (Å²) in [7, 11) is 1.62. The second-order valence-electron chi connectivity index (χ2n) is 6.59.